The van der Waals surface area contributed by atoms with Crippen molar-refractivity contribution in [2.24, 2.45) is 0 Å². The standard InChI is InChI=1S/C29H29FN4O4/c1-3-18-6-5-7-20(16-18)17-32-29(37)26-33-23-13-12-22(30)25(24(23)28(36)34-26)38-15-14-19-8-10-21(11-9-19)27(35)31-4-2/h5-13,16H,3-4,14-15,17H2,1-2H3,(H,31,35)(H,32,37)(H,33,34,36). The highest BCUT2D eigenvalue weighted by molar-refractivity contribution is 5.94. The SMILES string of the molecule is CCNC(=O)c1ccc(CCOc2c(F)ccc3nc(C(=O)NCc4cccc(CC)c4)[nH]c(=O)c23)cc1. The maximum Gasteiger partial charge on any atom is 0.287 e. The largest absolute Gasteiger partial charge is 0.489 e. The van der Waals surface area contributed by atoms with Gasteiger partial charge in [0.1, 0.15) is 5.39 Å². The highest BCUT2D eigenvalue weighted by Gasteiger charge is 2.18. The Bertz CT molecular complexity index is 1520. The van der Waals surface area contributed by atoms with Crippen molar-refractivity contribution in [1.29, 1.82) is 0 Å². The smallest absolute Gasteiger partial charge is 0.287 e. The van der Waals surface area contributed by atoms with Crippen molar-refractivity contribution < 1.29 is 18.7 Å². The summed E-state index contributed by atoms with van der Waals surface area (Å²) in [5.74, 6) is -1.80. The van der Waals surface area contributed by atoms with Gasteiger partial charge in [0.05, 0.1) is 12.1 Å². The molecule has 4 rings (SSSR count). The van der Waals surface area contributed by atoms with Crippen molar-refractivity contribution in [3.8, 4) is 5.75 Å². The van der Waals surface area contributed by atoms with E-state index >= 15 is 0 Å². The number of fused-ring (bicyclic) bond motifs is 1. The first-order valence-corrected chi connectivity index (χ1v) is 12.5. The van der Waals surface area contributed by atoms with Crippen LogP contribution in [0.1, 0.15) is 51.5 Å². The number of nitrogens with zero attached hydrogens (tertiary/aromatic N) is 1. The Hall–Kier alpha value is -4.53. The molecule has 0 radical (unpaired) electrons. The van der Waals surface area contributed by atoms with E-state index < -0.39 is 17.3 Å². The van der Waals surface area contributed by atoms with E-state index in [1.54, 1.807) is 24.3 Å². The summed E-state index contributed by atoms with van der Waals surface area (Å²) in [4.78, 5) is 44.1. The van der Waals surface area contributed by atoms with Crippen LogP contribution in [0.5, 0.6) is 5.75 Å². The monoisotopic (exact) mass is 516 g/mol. The number of hydrogen-bond acceptors (Lipinski definition) is 5. The number of benzene rings is 3. The molecule has 0 atom stereocenters. The quantitative estimate of drug-likeness (QED) is 0.296. The zero-order chi connectivity index (χ0) is 27.1. The second-order valence-corrected chi connectivity index (χ2v) is 8.70. The summed E-state index contributed by atoms with van der Waals surface area (Å²) in [6, 6.07) is 17.3. The first-order chi connectivity index (χ1) is 18.4. The van der Waals surface area contributed by atoms with Crippen molar-refractivity contribution >= 4 is 22.7 Å². The van der Waals surface area contributed by atoms with Crippen molar-refractivity contribution in [2.75, 3.05) is 13.2 Å². The van der Waals surface area contributed by atoms with Gasteiger partial charge in [-0.2, -0.15) is 0 Å². The van der Waals surface area contributed by atoms with Crippen LogP contribution in [0.3, 0.4) is 0 Å². The molecule has 196 valence electrons. The molecule has 3 N–H and O–H groups in total. The molecule has 0 unspecified atom stereocenters. The lowest BCUT2D eigenvalue weighted by molar-refractivity contribution is 0.0937. The molecule has 0 saturated heterocycles. The summed E-state index contributed by atoms with van der Waals surface area (Å²) in [6.45, 7) is 4.80. The average Bonchev–Trinajstić information content (AvgIpc) is 2.93. The predicted molar refractivity (Wildman–Crippen MR) is 143 cm³/mol. The van der Waals surface area contributed by atoms with E-state index in [1.165, 1.54) is 6.07 Å². The number of nitrogens with one attached hydrogen (secondary N) is 3. The molecule has 2 amide bonds. The van der Waals surface area contributed by atoms with Crippen LogP contribution in [-0.4, -0.2) is 34.9 Å². The van der Waals surface area contributed by atoms with Gasteiger partial charge >= 0.3 is 0 Å². The van der Waals surface area contributed by atoms with Gasteiger partial charge in [0, 0.05) is 25.1 Å². The van der Waals surface area contributed by atoms with Crippen molar-refractivity contribution in [3.05, 3.63) is 105 Å². The van der Waals surface area contributed by atoms with Crippen LogP contribution in [-0.2, 0) is 19.4 Å². The van der Waals surface area contributed by atoms with Gasteiger partial charge in [-0.1, -0.05) is 43.3 Å². The molecule has 0 saturated carbocycles. The lowest BCUT2D eigenvalue weighted by Crippen LogP contribution is -2.27. The van der Waals surface area contributed by atoms with Crippen molar-refractivity contribution in [3.63, 3.8) is 0 Å². The van der Waals surface area contributed by atoms with Crippen molar-refractivity contribution in [2.45, 2.75) is 33.2 Å². The maximum absolute atomic E-state index is 14.6. The first kappa shape index (κ1) is 26.5. The summed E-state index contributed by atoms with van der Waals surface area (Å²) in [6.07, 6.45) is 1.31. The average molecular weight is 517 g/mol. The topological polar surface area (TPSA) is 113 Å². The van der Waals surface area contributed by atoms with Gasteiger partial charge in [-0.3, -0.25) is 14.4 Å². The van der Waals surface area contributed by atoms with E-state index in [-0.39, 0.29) is 41.5 Å². The van der Waals surface area contributed by atoms with E-state index in [0.29, 0.717) is 18.5 Å². The molecule has 0 aliphatic heterocycles. The normalized spacial score (nSPS) is 10.8. The summed E-state index contributed by atoms with van der Waals surface area (Å²) < 4.78 is 20.3. The van der Waals surface area contributed by atoms with Crippen LogP contribution in [0.25, 0.3) is 10.9 Å². The zero-order valence-corrected chi connectivity index (χ0v) is 21.3. The summed E-state index contributed by atoms with van der Waals surface area (Å²) in [5.41, 5.74) is 2.98. The molecule has 3 aromatic carbocycles. The molecule has 1 heterocycles. The van der Waals surface area contributed by atoms with E-state index in [2.05, 4.69) is 27.5 Å². The molecule has 0 bridgehead atoms. The van der Waals surface area contributed by atoms with Crippen LogP contribution < -0.4 is 20.9 Å². The van der Waals surface area contributed by atoms with Gasteiger partial charge in [-0.15, -0.1) is 0 Å². The lowest BCUT2D eigenvalue weighted by atomic mass is 10.1. The van der Waals surface area contributed by atoms with E-state index in [1.807, 2.05) is 31.2 Å². The van der Waals surface area contributed by atoms with Gasteiger partial charge in [0.2, 0.25) is 0 Å². The summed E-state index contributed by atoms with van der Waals surface area (Å²) in [7, 11) is 0. The highest BCUT2D eigenvalue weighted by Crippen LogP contribution is 2.25. The molecule has 0 aliphatic carbocycles. The Balaban J connectivity index is 1.46. The Labute approximate surface area is 219 Å². The van der Waals surface area contributed by atoms with Gasteiger partial charge in [-0.25, -0.2) is 9.37 Å². The fourth-order valence-electron chi connectivity index (χ4n) is 4.01. The molecule has 4 aromatic rings. The zero-order valence-electron chi connectivity index (χ0n) is 21.3. The van der Waals surface area contributed by atoms with E-state index in [0.717, 1.165) is 29.2 Å². The molecule has 9 heteroatoms. The molecule has 1 aromatic heterocycles. The Kier molecular flexibility index (Phi) is 8.47. The third-order valence-electron chi connectivity index (χ3n) is 6.04. The molecular weight excluding hydrogens is 487 g/mol. The number of amides is 2. The third kappa shape index (κ3) is 6.23. The van der Waals surface area contributed by atoms with Gasteiger partial charge in [0.25, 0.3) is 17.4 Å². The Morgan fingerprint density at radius 1 is 0.947 bits per heavy atom. The predicted octanol–water partition coefficient (Wildman–Crippen LogP) is 3.93. The lowest BCUT2D eigenvalue weighted by Gasteiger charge is -2.11. The second-order valence-electron chi connectivity index (χ2n) is 8.70. The Morgan fingerprint density at radius 3 is 2.45 bits per heavy atom. The minimum Gasteiger partial charge on any atom is -0.489 e. The molecule has 0 fully saturated rings. The molecule has 38 heavy (non-hydrogen) atoms. The van der Waals surface area contributed by atoms with Crippen LogP contribution in [0.15, 0.2) is 65.5 Å². The number of aryl methyl sites for hydroxylation is 1. The number of aromatic amines is 1. The number of rotatable bonds is 10. The highest BCUT2D eigenvalue weighted by atomic mass is 19.1. The Morgan fingerprint density at radius 2 is 1.71 bits per heavy atom. The number of carbonyl (C=O) groups excluding carboxylic acids is 2. The van der Waals surface area contributed by atoms with Crippen LogP contribution >= 0.6 is 0 Å². The number of hydrogen-bond donors (Lipinski definition) is 3. The summed E-state index contributed by atoms with van der Waals surface area (Å²) in [5, 5.41) is 5.42. The van der Waals surface area contributed by atoms with Crippen LogP contribution in [0.4, 0.5) is 4.39 Å². The van der Waals surface area contributed by atoms with Crippen LogP contribution in [0.2, 0.25) is 0 Å². The second kappa shape index (κ2) is 12.1. The number of halogens is 1. The number of H-pyrrole nitrogens is 1. The van der Waals surface area contributed by atoms with E-state index in [4.69, 9.17) is 4.74 Å². The fraction of sp³-hybridized carbons (Fsp3) is 0.241. The summed E-state index contributed by atoms with van der Waals surface area (Å²) >= 11 is 0. The number of ether oxygens (including phenoxy) is 1. The van der Waals surface area contributed by atoms with Gasteiger partial charge in [0.15, 0.2) is 17.4 Å². The van der Waals surface area contributed by atoms with E-state index in [9.17, 15) is 18.8 Å². The number of aromatic nitrogens is 2. The first-order valence-electron chi connectivity index (χ1n) is 12.5. The fourth-order valence-corrected chi connectivity index (χ4v) is 4.01. The van der Waals surface area contributed by atoms with Gasteiger partial charge < -0.3 is 20.4 Å². The minimum atomic E-state index is -0.704. The molecule has 0 spiro atoms. The van der Waals surface area contributed by atoms with Gasteiger partial charge in [-0.05, 0) is 54.3 Å². The molecule has 8 nitrogen and oxygen atoms in total. The third-order valence-corrected chi connectivity index (χ3v) is 6.04. The number of carbonyl (C=O) groups is 2. The van der Waals surface area contributed by atoms with Crippen molar-refractivity contribution in [1.82, 2.24) is 20.6 Å². The maximum atomic E-state index is 14.6. The minimum absolute atomic E-state index is 0.0659. The molecular formula is C29H29FN4O4. The molecule has 0 aliphatic rings. The van der Waals surface area contributed by atoms with Crippen LogP contribution in [0, 0.1) is 5.82 Å².